The van der Waals surface area contributed by atoms with Gasteiger partial charge in [0.05, 0.1) is 34.1 Å². The molecule has 0 spiro atoms. The number of aryl methyl sites for hydroxylation is 1. The molecule has 0 fully saturated rings. The van der Waals surface area contributed by atoms with Crippen LogP contribution in [0.15, 0.2) is 48.9 Å². The first-order valence-electron chi connectivity index (χ1n) is 8.42. The highest BCUT2D eigenvalue weighted by Gasteiger charge is 2.18. The molecule has 4 heterocycles. The van der Waals surface area contributed by atoms with Crippen molar-refractivity contribution in [1.82, 2.24) is 39.1 Å². The van der Waals surface area contributed by atoms with Crippen LogP contribution >= 0.6 is 0 Å². The van der Waals surface area contributed by atoms with E-state index in [2.05, 4.69) is 25.3 Å². The second kappa shape index (κ2) is 5.94. The summed E-state index contributed by atoms with van der Waals surface area (Å²) in [7, 11) is 0. The standard InChI is InChI=1S/C17H13N9O2/c1-11-7-15(26(27)28)22-23(11)9-14-20-17-13-8-19-25(12-5-3-2-4-6-12)16(13)18-10-24(17)21-14/h2-8,10H,9H2,1H3. The number of nitro groups is 1. The van der Waals surface area contributed by atoms with Gasteiger partial charge in [-0.2, -0.15) is 9.78 Å². The monoisotopic (exact) mass is 375 g/mol. The first-order chi connectivity index (χ1) is 13.6. The van der Waals surface area contributed by atoms with Crippen molar-refractivity contribution in [1.29, 1.82) is 0 Å². The summed E-state index contributed by atoms with van der Waals surface area (Å²) in [6.07, 6.45) is 3.28. The molecule has 0 bridgehead atoms. The van der Waals surface area contributed by atoms with Gasteiger partial charge in [0.1, 0.15) is 12.9 Å². The summed E-state index contributed by atoms with van der Waals surface area (Å²) in [5.41, 5.74) is 2.84. The summed E-state index contributed by atoms with van der Waals surface area (Å²) >= 11 is 0. The lowest BCUT2D eigenvalue weighted by molar-refractivity contribution is -0.389. The molecule has 5 aromatic rings. The van der Waals surface area contributed by atoms with E-state index < -0.39 is 4.92 Å². The normalized spacial score (nSPS) is 11.5. The van der Waals surface area contributed by atoms with Gasteiger partial charge in [-0.15, -0.1) is 5.10 Å². The number of nitrogens with zero attached hydrogens (tertiary/aromatic N) is 9. The summed E-state index contributed by atoms with van der Waals surface area (Å²) < 4.78 is 4.82. The molecule has 11 heteroatoms. The predicted molar refractivity (Wildman–Crippen MR) is 98.1 cm³/mol. The van der Waals surface area contributed by atoms with E-state index in [1.54, 1.807) is 28.6 Å². The summed E-state index contributed by atoms with van der Waals surface area (Å²) in [4.78, 5) is 19.4. The molecule has 0 aliphatic carbocycles. The Balaban J connectivity index is 1.57. The zero-order valence-electron chi connectivity index (χ0n) is 14.7. The Hall–Kier alpha value is -4.15. The average molecular weight is 375 g/mol. The van der Waals surface area contributed by atoms with Gasteiger partial charge in [0.15, 0.2) is 17.1 Å². The van der Waals surface area contributed by atoms with Crippen molar-refractivity contribution in [3.05, 3.63) is 70.6 Å². The number of fused-ring (bicyclic) bond motifs is 3. The molecule has 0 aliphatic rings. The van der Waals surface area contributed by atoms with E-state index in [-0.39, 0.29) is 12.4 Å². The largest absolute Gasteiger partial charge is 0.390 e. The minimum absolute atomic E-state index is 0.200. The third-order valence-electron chi connectivity index (χ3n) is 4.40. The second-order valence-electron chi connectivity index (χ2n) is 6.23. The van der Waals surface area contributed by atoms with Crippen LogP contribution in [0.4, 0.5) is 5.82 Å². The lowest BCUT2D eigenvalue weighted by Crippen LogP contribution is -2.06. The zero-order chi connectivity index (χ0) is 19.3. The van der Waals surface area contributed by atoms with E-state index in [9.17, 15) is 10.1 Å². The van der Waals surface area contributed by atoms with Crippen molar-refractivity contribution < 1.29 is 4.92 Å². The van der Waals surface area contributed by atoms with Crippen LogP contribution in [0.5, 0.6) is 0 Å². The molecule has 0 unspecified atom stereocenters. The Morgan fingerprint density at radius 3 is 2.71 bits per heavy atom. The third-order valence-corrected chi connectivity index (χ3v) is 4.40. The Morgan fingerprint density at radius 1 is 1.14 bits per heavy atom. The van der Waals surface area contributed by atoms with E-state index in [0.717, 1.165) is 11.1 Å². The number of benzene rings is 1. The van der Waals surface area contributed by atoms with Crippen LogP contribution in [0, 0.1) is 17.0 Å². The number of hydrogen-bond donors (Lipinski definition) is 0. The van der Waals surface area contributed by atoms with Gasteiger partial charge < -0.3 is 10.1 Å². The van der Waals surface area contributed by atoms with Gasteiger partial charge in [0.25, 0.3) is 0 Å². The SMILES string of the molecule is Cc1cc([N+](=O)[O-])nn1Cc1nc2c3cnn(-c4ccccc4)c3ncn2n1. The zero-order valence-corrected chi connectivity index (χ0v) is 14.7. The number of aromatic nitrogens is 8. The van der Waals surface area contributed by atoms with Crippen LogP contribution in [0.25, 0.3) is 22.4 Å². The van der Waals surface area contributed by atoms with Crippen molar-refractivity contribution in [3.63, 3.8) is 0 Å². The minimum Gasteiger partial charge on any atom is -0.358 e. The third kappa shape index (κ3) is 2.48. The maximum Gasteiger partial charge on any atom is 0.390 e. The quantitative estimate of drug-likeness (QED) is 0.347. The topological polar surface area (TPSA) is 122 Å². The van der Waals surface area contributed by atoms with Gasteiger partial charge in [-0.25, -0.2) is 19.2 Å². The first-order valence-corrected chi connectivity index (χ1v) is 8.42. The fourth-order valence-corrected chi connectivity index (χ4v) is 3.07. The molecule has 138 valence electrons. The van der Waals surface area contributed by atoms with E-state index >= 15 is 0 Å². The summed E-state index contributed by atoms with van der Waals surface area (Å²) in [5, 5.41) is 24.5. The van der Waals surface area contributed by atoms with E-state index in [0.29, 0.717) is 22.8 Å². The Labute approximate surface area is 157 Å². The molecule has 0 saturated carbocycles. The van der Waals surface area contributed by atoms with Crippen molar-refractivity contribution in [2.24, 2.45) is 0 Å². The van der Waals surface area contributed by atoms with Gasteiger partial charge in [0.2, 0.25) is 0 Å². The molecule has 11 nitrogen and oxygen atoms in total. The number of rotatable bonds is 4. The van der Waals surface area contributed by atoms with Crippen molar-refractivity contribution in [3.8, 4) is 5.69 Å². The highest BCUT2D eigenvalue weighted by molar-refractivity contribution is 5.89. The van der Waals surface area contributed by atoms with E-state index in [4.69, 9.17) is 0 Å². The number of para-hydroxylation sites is 1. The van der Waals surface area contributed by atoms with E-state index in [1.807, 2.05) is 30.3 Å². The molecular formula is C17H13N9O2. The van der Waals surface area contributed by atoms with Crippen LogP contribution in [0.1, 0.15) is 11.5 Å². The van der Waals surface area contributed by atoms with Gasteiger partial charge in [-0.1, -0.05) is 18.2 Å². The van der Waals surface area contributed by atoms with Crippen LogP contribution < -0.4 is 0 Å². The fourth-order valence-electron chi connectivity index (χ4n) is 3.07. The second-order valence-corrected chi connectivity index (χ2v) is 6.23. The summed E-state index contributed by atoms with van der Waals surface area (Å²) in [6, 6.07) is 11.1. The molecule has 0 saturated heterocycles. The molecule has 5 rings (SSSR count). The molecule has 0 radical (unpaired) electrons. The lowest BCUT2D eigenvalue weighted by atomic mass is 10.3. The molecule has 1 aromatic carbocycles. The van der Waals surface area contributed by atoms with Gasteiger partial charge >= 0.3 is 5.82 Å². The maximum atomic E-state index is 10.9. The molecular weight excluding hydrogens is 362 g/mol. The highest BCUT2D eigenvalue weighted by atomic mass is 16.6. The molecule has 0 amide bonds. The predicted octanol–water partition coefficient (Wildman–Crippen LogP) is 1.92. The minimum atomic E-state index is -0.522. The fraction of sp³-hybridized carbons (Fsp3) is 0.118. The molecule has 0 N–H and O–H groups in total. The first kappa shape index (κ1) is 16.1. The molecule has 0 aliphatic heterocycles. The van der Waals surface area contributed by atoms with Crippen LogP contribution in [0.2, 0.25) is 0 Å². The van der Waals surface area contributed by atoms with Crippen LogP contribution in [-0.2, 0) is 6.54 Å². The smallest absolute Gasteiger partial charge is 0.358 e. The van der Waals surface area contributed by atoms with Crippen molar-refractivity contribution in [2.45, 2.75) is 13.5 Å². The molecule has 28 heavy (non-hydrogen) atoms. The van der Waals surface area contributed by atoms with Gasteiger partial charge in [-0.3, -0.25) is 0 Å². The van der Waals surface area contributed by atoms with Gasteiger partial charge in [-0.05, 0) is 24.0 Å². The van der Waals surface area contributed by atoms with E-state index in [1.165, 1.54) is 10.7 Å². The Bertz CT molecular complexity index is 1330. The van der Waals surface area contributed by atoms with Crippen molar-refractivity contribution >= 4 is 22.5 Å². The molecule has 4 aromatic heterocycles. The summed E-state index contributed by atoms with van der Waals surface area (Å²) in [6.45, 7) is 1.97. The Kier molecular flexibility index (Phi) is 3.41. The van der Waals surface area contributed by atoms with Crippen LogP contribution in [-0.4, -0.2) is 44.1 Å². The molecule has 0 atom stereocenters. The summed E-state index contributed by atoms with van der Waals surface area (Å²) in [5.74, 6) is 0.275. The maximum absolute atomic E-state index is 10.9. The average Bonchev–Trinajstić information content (AvgIpc) is 3.39. The lowest BCUT2D eigenvalue weighted by Gasteiger charge is -2.01. The van der Waals surface area contributed by atoms with Crippen LogP contribution in [0.3, 0.4) is 0 Å². The van der Waals surface area contributed by atoms with Crippen molar-refractivity contribution in [2.75, 3.05) is 0 Å². The number of hydrogen-bond acceptors (Lipinski definition) is 7. The Morgan fingerprint density at radius 2 is 1.96 bits per heavy atom. The highest BCUT2D eigenvalue weighted by Crippen LogP contribution is 2.20. The van der Waals surface area contributed by atoms with Gasteiger partial charge in [0, 0.05) is 0 Å².